The Hall–Kier alpha value is -1.39. The van der Waals surface area contributed by atoms with Crippen molar-refractivity contribution in [1.29, 1.82) is 0 Å². The highest BCUT2D eigenvalue weighted by atomic mass is 32.1. The molecule has 0 aliphatic heterocycles. The quantitative estimate of drug-likeness (QED) is 0.799. The summed E-state index contributed by atoms with van der Waals surface area (Å²) in [6, 6.07) is 8.27. The van der Waals surface area contributed by atoms with Crippen molar-refractivity contribution in [2.75, 3.05) is 5.73 Å². The Morgan fingerprint density at radius 1 is 1.41 bits per heavy atom. The third-order valence-corrected chi connectivity index (χ3v) is 3.64. The third kappa shape index (κ3) is 3.05. The second-order valence-corrected chi connectivity index (χ2v) is 4.84. The van der Waals surface area contributed by atoms with Gasteiger partial charge in [0.2, 0.25) is 0 Å². The van der Waals surface area contributed by atoms with Gasteiger partial charge >= 0.3 is 0 Å². The molecule has 3 nitrogen and oxygen atoms in total. The van der Waals surface area contributed by atoms with Crippen molar-refractivity contribution < 1.29 is 0 Å². The van der Waals surface area contributed by atoms with Crippen LogP contribution in [0.3, 0.4) is 0 Å². The van der Waals surface area contributed by atoms with Crippen molar-refractivity contribution in [3.05, 3.63) is 46.4 Å². The fourth-order valence-corrected chi connectivity index (χ4v) is 2.54. The summed E-state index contributed by atoms with van der Waals surface area (Å²) >= 11 is 1.69. The van der Waals surface area contributed by atoms with E-state index in [0.717, 1.165) is 29.2 Å². The molecule has 0 fully saturated rings. The van der Waals surface area contributed by atoms with Gasteiger partial charge in [-0.3, -0.25) is 0 Å². The van der Waals surface area contributed by atoms with E-state index in [4.69, 9.17) is 5.73 Å². The third-order valence-electron chi connectivity index (χ3n) is 2.75. The molecule has 4 heteroatoms. The highest BCUT2D eigenvalue weighted by molar-refractivity contribution is 7.09. The van der Waals surface area contributed by atoms with Crippen LogP contribution in [0.25, 0.3) is 0 Å². The first-order valence-electron chi connectivity index (χ1n) is 5.77. The molecule has 1 atom stereocenters. The molecular weight excluding hydrogens is 230 g/mol. The Morgan fingerprint density at radius 2 is 2.24 bits per heavy atom. The standard InChI is InChI=1S/C13H17N3S/c1-2-12(13-15-7-8-17-13)16-9-10-5-3-4-6-11(10)14/h3-8,12,16H,2,9,14H2,1H3. The fourth-order valence-electron chi connectivity index (χ4n) is 1.74. The zero-order chi connectivity index (χ0) is 12.1. The maximum atomic E-state index is 5.91. The lowest BCUT2D eigenvalue weighted by atomic mass is 10.1. The molecule has 0 saturated carbocycles. The average Bonchev–Trinajstić information content (AvgIpc) is 2.86. The van der Waals surface area contributed by atoms with Gasteiger partial charge in [0.05, 0.1) is 6.04 Å². The minimum atomic E-state index is 0.314. The van der Waals surface area contributed by atoms with Crippen LogP contribution in [0, 0.1) is 0 Å². The number of thiazole rings is 1. The molecule has 0 spiro atoms. The average molecular weight is 247 g/mol. The summed E-state index contributed by atoms with van der Waals surface area (Å²) in [6.45, 7) is 2.94. The summed E-state index contributed by atoms with van der Waals surface area (Å²) in [5.74, 6) is 0. The number of hydrogen-bond acceptors (Lipinski definition) is 4. The van der Waals surface area contributed by atoms with Crippen LogP contribution in [0.4, 0.5) is 5.69 Å². The number of anilines is 1. The van der Waals surface area contributed by atoms with E-state index < -0.39 is 0 Å². The second-order valence-electron chi connectivity index (χ2n) is 3.91. The molecule has 17 heavy (non-hydrogen) atoms. The molecule has 0 amide bonds. The summed E-state index contributed by atoms with van der Waals surface area (Å²) < 4.78 is 0. The number of rotatable bonds is 5. The van der Waals surface area contributed by atoms with Crippen molar-refractivity contribution in [2.45, 2.75) is 25.9 Å². The minimum Gasteiger partial charge on any atom is -0.398 e. The molecule has 2 rings (SSSR count). The Labute approximate surface area is 106 Å². The lowest BCUT2D eigenvalue weighted by molar-refractivity contribution is 0.517. The lowest BCUT2D eigenvalue weighted by Crippen LogP contribution is -2.20. The van der Waals surface area contributed by atoms with Crippen LogP contribution in [0.1, 0.15) is 30.0 Å². The topological polar surface area (TPSA) is 50.9 Å². The van der Waals surface area contributed by atoms with Gasteiger partial charge < -0.3 is 11.1 Å². The van der Waals surface area contributed by atoms with Crippen molar-refractivity contribution >= 4 is 17.0 Å². The number of para-hydroxylation sites is 1. The first-order valence-corrected chi connectivity index (χ1v) is 6.65. The van der Waals surface area contributed by atoms with E-state index in [9.17, 15) is 0 Å². The van der Waals surface area contributed by atoms with E-state index in [0.29, 0.717) is 6.04 Å². The van der Waals surface area contributed by atoms with Crippen LogP contribution in [0.2, 0.25) is 0 Å². The normalized spacial score (nSPS) is 12.5. The molecule has 0 aliphatic rings. The maximum Gasteiger partial charge on any atom is 0.109 e. The molecule has 0 aliphatic carbocycles. The Bertz CT molecular complexity index is 453. The molecular formula is C13H17N3S. The number of hydrogen-bond donors (Lipinski definition) is 2. The fraction of sp³-hybridized carbons (Fsp3) is 0.308. The molecule has 1 aromatic carbocycles. The van der Waals surface area contributed by atoms with Crippen LogP contribution >= 0.6 is 11.3 Å². The molecule has 2 aromatic rings. The minimum absolute atomic E-state index is 0.314. The van der Waals surface area contributed by atoms with E-state index >= 15 is 0 Å². The van der Waals surface area contributed by atoms with E-state index in [2.05, 4.69) is 23.3 Å². The van der Waals surface area contributed by atoms with Crippen LogP contribution in [0.15, 0.2) is 35.8 Å². The van der Waals surface area contributed by atoms with Gasteiger partial charge in [-0.2, -0.15) is 0 Å². The van der Waals surface area contributed by atoms with E-state index in [1.54, 1.807) is 11.3 Å². The van der Waals surface area contributed by atoms with E-state index in [1.807, 2.05) is 29.8 Å². The van der Waals surface area contributed by atoms with Gasteiger partial charge in [0.1, 0.15) is 5.01 Å². The number of aromatic nitrogens is 1. The second kappa shape index (κ2) is 5.80. The van der Waals surface area contributed by atoms with Crippen LogP contribution in [-0.4, -0.2) is 4.98 Å². The first-order chi connectivity index (χ1) is 8.31. The van der Waals surface area contributed by atoms with Gasteiger partial charge in [0, 0.05) is 23.8 Å². The number of nitrogens with two attached hydrogens (primary N) is 1. The Kier molecular flexibility index (Phi) is 4.12. The Morgan fingerprint density at radius 3 is 2.88 bits per heavy atom. The molecule has 0 bridgehead atoms. The Balaban J connectivity index is 2.00. The van der Waals surface area contributed by atoms with Gasteiger partial charge in [0.25, 0.3) is 0 Å². The smallest absolute Gasteiger partial charge is 0.109 e. The zero-order valence-electron chi connectivity index (χ0n) is 9.89. The predicted molar refractivity (Wildman–Crippen MR) is 72.8 cm³/mol. The summed E-state index contributed by atoms with van der Waals surface area (Å²) in [6.07, 6.45) is 2.88. The van der Waals surface area contributed by atoms with E-state index in [1.165, 1.54) is 0 Å². The molecule has 3 N–H and O–H groups in total. The first kappa shape index (κ1) is 12.1. The summed E-state index contributed by atoms with van der Waals surface area (Å²) in [5, 5.41) is 6.65. The van der Waals surface area contributed by atoms with Crippen molar-refractivity contribution in [3.63, 3.8) is 0 Å². The van der Waals surface area contributed by atoms with Gasteiger partial charge in [-0.25, -0.2) is 4.98 Å². The molecule has 0 radical (unpaired) electrons. The van der Waals surface area contributed by atoms with Crippen molar-refractivity contribution in [2.24, 2.45) is 0 Å². The molecule has 90 valence electrons. The SMILES string of the molecule is CCC(NCc1ccccc1N)c1nccs1. The molecule has 0 saturated heterocycles. The lowest BCUT2D eigenvalue weighted by Gasteiger charge is -2.15. The van der Waals surface area contributed by atoms with Crippen LogP contribution < -0.4 is 11.1 Å². The van der Waals surface area contributed by atoms with Gasteiger partial charge in [-0.15, -0.1) is 11.3 Å². The summed E-state index contributed by atoms with van der Waals surface area (Å²) in [4.78, 5) is 4.35. The zero-order valence-corrected chi connectivity index (χ0v) is 10.7. The van der Waals surface area contributed by atoms with E-state index in [-0.39, 0.29) is 0 Å². The van der Waals surface area contributed by atoms with Crippen LogP contribution in [-0.2, 0) is 6.54 Å². The number of nitrogen functional groups attached to an aromatic ring is 1. The monoisotopic (exact) mass is 247 g/mol. The highest BCUT2D eigenvalue weighted by Crippen LogP contribution is 2.20. The largest absolute Gasteiger partial charge is 0.398 e. The summed E-state index contributed by atoms with van der Waals surface area (Å²) in [5.41, 5.74) is 7.90. The number of nitrogens with zero attached hydrogens (tertiary/aromatic N) is 1. The van der Waals surface area contributed by atoms with Crippen molar-refractivity contribution in [3.8, 4) is 0 Å². The van der Waals surface area contributed by atoms with Crippen LogP contribution in [0.5, 0.6) is 0 Å². The summed E-state index contributed by atoms with van der Waals surface area (Å²) in [7, 11) is 0. The van der Waals surface area contributed by atoms with Gasteiger partial charge in [-0.1, -0.05) is 25.1 Å². The number of nitrogens with one attached hydrogen (secondary N) is 1. The molecule has 1 heterocycles. The van der Waals surface area contributed by atoms with Crippen molar-refractivity contribution in [1.82, 2.24) is 10.3 Å². The molecule has 1 aromatic heterocycles. The highest BCUT2D eigenvalue weighted by Gasteiger charge is 2.11. The maximum absolute atomic E-state index is 5.91. The predicted octanol–water partition coefficient (Wildman–Crippen LogP) is 2.97. The van der Waals surface area contributed by atoms with Gasteiger partial charge in [0.15, 0.2) is 0 Å². The number of benzene rings is 1. The van der Waals surface area contributed by atoms with Gasteiger partial charge in [-0.05, 0) is 18.1 Å². The molecule has 1 unspecified atom stereocenters.